The molecule has 0 unspecified atom stereocenters. The molecule has 2 rings (SSSR count). The minimum atomic E-state index is -0.815. The van der Waals surface area contributed by atoms with Crippen molar-refractivity contribution in [3.63, 3.8) is 0 Å². The highest BCUT2D eigenvalue weighted by Gasteiger charge is 2.31. The first-order chi connectivity index (χ1) is 9.02. The van der Waals surface area contributed by atoms with E-state index in [0.29, 0.717) is 17.3 Å². The second-order valence-corrected chi connectivity index (χ2v) is 4.99. The third kappa shape index (κ3) is 3.27. The van der Waals surface area contributed by atoms with Gasteiger partial charge >= 0.3 is 0 Å². The highest BCUT2D eigenvalue weighted by molar-refractivity contribution is 5.95. The molecule has 6 heteroatoms. The van der Waals surface area contributed by atoms with Gasteiger partial charge in [0.2, 0.25) is 0 Å². The summed E-state index contributed by atoms with van der Waals surface area (Å²) >= 11 is 0. The first-order valence-corrected chi connectivity index (χ1v) is 6.46. The maximum Gasteiger partial charge on any atom is 0.255 e. The van der Waals surface area contributed by atoms with Crippen LogP contribution in [-0.4, -0.2) is 44.8 Å². The molecule has 3 N–H and O–H groups in total. The van der Waals surface area contributed by atoms with Gasteiger partial charge in [-0.25, -0.2) is 9.97 Å². The standard InChI is InChI=1S/C13H19N3O3/c1-7(18)11(6-17)16-13(19)10-5-14-8(2)15-12(10)9-3-4-9/h5,7,9,11,17-18H,3-4,6H2,1-2H3,(H,16,19)/t7-,11-/m1/s1. The molecule has 19 heavy (non-hydrogen) atoms. The highest BCUT2D eigenvalue weighted by Crippen LogP contribution is 2.40. The fourth-order valence-corrected chi connectivity index (χ4v) is 1.90. The normalized spacial score (nSPS) is 17.9. The van der Waals surface area contributed by atoms with E-state index in [0.717, 1.165) is 18.5 Å². The van der Waals surface area contributed by atoms with Crippen molar-refractivity contribution in [1.82, 2.24) is 15.3 Å². The zero-order chi connectivity index (χ0) is 14.0. The number of aromatic nitrogens is 2. The predicted octanol–water partition coefficient (Wildman–Crippen LogP) is 0.134. The molecular weight excluding hydrogens is 246 g/mol. The number of carbonyl (C=O) groups excluding carboxylic acids is 1. The van der Waals surface area contributed by atoms with Gasteiger partial charge in [-0.05, 0) is 26.7 Å². The molecule has 0 spiro atoms. The van der Waals surface area contributed by atoms with E-state index in [4.69, 9.17) is 5.11 Å². The fourth-order valence-electron chi connectivity index (χ4n) is 1.90. The quantitative estimate of drug-likeness (QED) is 0.703. The van der Waals surface area contributed by atoms with Gasteiger partial charge in [0.15, 0.2) is 0 Å². The average molecular weight is 265 g/mol. The molecule has 0 bridgehead atoms. The van der Waals surface area contributed by atoms with Crippen LogP contribution in [-0.2, 0) is 0 Å². The van der Waals surface area contributed by atoms with Crippen molar-refractivity contribution in [1.29, 1.82) is 0 Å². The molecule has 1 saturated carbocycles. The fraction of sp³-hybridized carbons (Fsp3) is 0.615. The predicted molar refractivity (Wildman–Crippen MR) is 68.8 cm³/mol. The topological polar surface area (TPSA) is 95.3 Å². The van der Waals surface area contributed by atoms with Crippen molar-refractivity contribution in [2.45, 2.75) is 44.8 Å². The van der Waals surface area contributed by atoms with Crippen molar-refractivity contribution in [3.8, 4) is 0 Å². The van der Waals surface area contributed by atoms with E-state index >= 15 is 0 Å². The van der Waals surface area contributed by atoms with Crippen molar-refractivity contribution in [3.05, 3.63) is 23.3 Å². The van der Waals surface area contributed by atoms with Gasteiger partial charge in [0, 0.05) is 12.1 Å². The summed E-state index contributed by atoms with van der Waals surface area (Å²) in [5, 5.41) is 21.2. The zero-order valence-electron chi connectivity index (χ0n) is 11.1. The first kappa shape index (κ1) is 13.9. The number of aliphatic hydroxyl groups excluding tert-OH is 2. The van der Waals surface area contributed by atoms with Crippen LogP contribution in [0.3, 0.4) is 0 Å². The summed E-state index contributed by atoms with van der Waals surface area (Å²) in [5.41, 5.74) is 1.21. The van der Waals surface area contributed by atoms with Gasteiger partial charge in [0.05, 0.1) is 30.0 Å². The summed E-state index contributed by atoms with van der Waals surface area (Å²) in [6.07, 6.45) is 2.78. The van der Waals surface area contributed by atoms with E-state index in [-0.39, 0.29) is 12.5 Å². The van der Waals surface area contributed by atoms with E-state index in [9.17, 15) is 9.90 Å². The van der Waals surface area contributed by atoms with E-state index in [1.807, 2.05) is 0 Å². The lowest BCUT2D eigenvalue weighted by Crippen LogP contribution is -2.45. The second-order valence-electron chi connectivity index (χ2n) is 4.99. The molecule has 1 aromatic heterocycles. The Morgan fingerprint density at radius 2 is 2.26 bits per heavy atom. The average Bonchev–Trinajstić information content (AvgIpc) is 3.19. The molecule has 1 aromatic rings. The van der Waals surface area contributed by atoms with Gasteiger partial charge in [-0.1, -0.05) is 0 Å². The van der Waals surface area contributed by atoms with Crippen molar-refractivity contribution in [2.75, 3.05) is 6.61 Å². The summed E-state index contributed by atoms with van der Waals surface area (Å²) in [6, 6.07) is -0.680. The van der Waals surface area contributed by atoms with Gasteiger partial charge in [-0.2, -0.15) is 0 Å². The summed E-state index contributed by atoms with van der Waals surface area (Å²) < 4.78 is 0. The van der Waals surface area contributed by atoms with Crippen LogP contribution in [0.1, 0.15) is 47.6 Å². The van der Waals surface area contributed by atoms with Gasteiger partial charge in [0.25, 0.3) is 5.91 Å². The van der Waals surface area contributed by atoms with Gasteiger partial charge < -0.3 is 15.5 Å². The van der Waals surface area contributed by atoms with Crippen LogP contribution in [0, 0.1) is 6.92 Å². The van der Waals surface area contributed by atoms with Crippen LogP contribution in [0.5, 0.6) is 0 Å². The Morgan fingerprint density at radius 3 is 2.79 bits per heavy atom. The lowest BCUT2D eigenvalue weighted by Gasteiger charge is -2.19. The van der Waals surface area contributed by atoms with E-state index in [2.05, 4.69) is 15.3 Å². The molecule has 1 aliphatic carbocycles. The van der Waals surface area contributed by atoms with E-state index < -0.39 is 12.1 Å². The monoisotopic (exact) mass is 265 g/mol. The number of aryl methyl sites for hydroxylation is 1. The molecule has 6 nitrogen and oxygen atoms in total. The Balaban J connectivity index is 2.19. The number of aliphatic hydroxyl groups is 2. The Kier molecular flexibility index (Phi) is 4.11. The summed E-state index contributed by atoms with van der Waals surface area (Å²) in [7, 11) is 0. The maximum atomic E-state index is 12.2. The van der Waals surface area contributed by atoms with Gasteiger partial charge in [0.1, 0.15) is 5.82 Å². The minimum absolute atomic E-state index is 0.311. The summed E-state index contributed by atoms with van der Waals surface area (Å²) in [6.45, 7) is 3.00. The van der Waals surface area contributed by atoms with Crippen molar-refractivity contribution >= 4 is 5.91 Å². The van der Waals surface area contributed by atoms with Gasteiger partial charge in [-0.15, -0.1) is 0 Å². The van der Waals surface area contributed by atoms with Crippen LogP contribution in [0.25, 0.3) is 0 Å². The minimum Gasteiger partial charge on any atom is -0.394 e. The lowest BCUT2D eigenvalue weighted by molar-refractivity contribution is 0.0756. The van der Waals surface area contributed by atoms with Crippen LogP contribution < -0.4 is 5.32 Å². The van der Waals surface area contributed by atoms with E-state index in [1.165, 1.54) is 13.1 Å². The molecule has 0 radical (unpaired) electrons. The van der Waals surface area contributed by atoms with Crippen LogP contribution in [0.2, 0.25) is 0 Å². The number of hydrogen-bond acceptors (Lipinski definition) is 5. The first-order valence-electron chi connectivity index (χ1n) is 6.46. The number of rotatable bonds is 5. The zero-order valence-corrected chi connectivity index (χ0v) is 11.1. The SMILES string of the molecule is Cc1ncc(C(=O)N[C@H](CO)[C@@H](C)O)c(C2CC2)n1. The molecular formula is C13H19N3O3. The summed E-state index contributed by atoms with van der Waals surface area (Å²) in [5.74, 6) is 0.635. The molecule has 0 aliphatic heterocycles. The molecule has 2 atom stereocenters. The van der Waals surface area contributed by atoms with Crippen LogP contribution in [0.15, 0.2) is 6.20 Å². The molecule has 104 valence electrons. The number of carbonyl (C=O) groups is 1. The third-order valence-corrected chi connectivity index (χ3v) is 3.24. The molecule has 1 fully saturated rings. The highest BCUT2D eigenvalue weighted by atomic mass is 16.3. The maximum absolute atomic E-state index is 12.2. The second kappa shape index (κ2) is 5.63. The number of hydrogen-bond donors (Lipinski definition) is 3. The van der Waals surface area contributed by atoms with Crippen molar-refractivity contribution in [2.24, 2.45) is 0 Å². The van der Waals surface area contributed by atoms with Crippen molar-refractivity contribution < 1.29 is 15.0 Å². The third-order valence-electron chi connectivity index (χ3n) is 3.24. The largest absolute Gasteiger partial charge is 0.394 e. The van der Waals surface area contributed by atoms with Crippen LogP contribution >= 0.6 is 0 Å². The van der Waals surface area contributed by atoms with Crippen LogP contribution in [0.4, 0.5) is 0 Å². The Labute approximate surface area is 111 Å². The number of amides is 1. The lowest BCUT2D eigenvalue weighted by atomic mass is 10.1. The Bertz CT molecular complexity index is 472. The van der Waals surface area contributed by atoms with E-state index in [1.54, 1.807) is 6.92 Å². The van der Waals surface area contributed by atoms with Gasteiger partial charge in [-0.3, -0.25) is 4.79 Å². The smallest absolute Gasteiger partial charge is 0.255 e. The molecule has 0 aromatic carbocycles. The molecule has 1 amide bonds. The Morgan fingerprint density at radius 1 is 1.58 bits per heavy atom. The number of nitrogens with zero attached hydrogens (tertiary/aromatic N) is 2. The molecule has 0 saturated heterocycles. The Hall–Kier alpha value is -1.53. The molecule has 1 heterocycles. The number of nitrogens with one attached hydrogen (secondary N) is 1. The molecule has 1 aliphatic rings. The summed E-state index contributed by atoms with van der Waals surface area (Å²) in [4.78, 5) is 20.6.